The number of aromatic nitrogens is 1. The van der Waals surface area contributed by atoms with Crippen LogP contribution in [0.5, 0.6) is 0 Å². The zero-order valence-electron chi connectivity index (χ0n) is 14.2. The highest BCUT2D eigenvalue weighted by Gasteiger charge is 2.28. The van der Waals surface area contributed by atoms with Crippen molar-refractivity contribution in [2.24, 2.45) is 5.92 Å². The summed E-state index contributed by atoms with van der Waals surface area (Å²) in [5.41, 5.74) is 0.895. The van der Waals surface area contributed by atoms with Gasteiger partial charge >= 0.3 is 0 Å². The van der Waals surface area contributed by atoms with Crippen molar-refractivity contribution >= 4 is 22.4 Å². The molecule has 5 nitrogen and oxygen atoms in total. The number of carbonyl (C=O) groups excluding carboxylic acids is 1. The Bertz CT molecular complexity index is 722. The number of hydrogen-bond donors (Lipinski definition) is 1. The van der Waals surface area contributed by atoms with E-state index in [9.17, 15) is 9.18 Å². The number of ether oxygens (including phenoxy) is 1. The molecule has 0 radical (unpaired) electrons. The molecule has 1 atom stereocenters. The number of methoxy groups -OCH3 is 1. The summed E-state index contributed by atoms with van der Waals surface area (Å²) in [4.78, 5) is 19.9. The summed E-state index contributed by atoms with van der Waals surface area (Å²) >= 11 is 1.44. The summed E-state index contributed by atoms with van der Waals surface area (Å²) in [6, 6.07) is 6.53. The Morgan fingerprint density at radius 1 is 1.52 bits per heavy atom. The van der Waals surface area contributed by atoms with E-state index in [2.05, 4.69) is 15.2 Å². The quantitative estimate of drug-likeness (QED) is 0.822. The molecule has 7 heteroatoms. The maximum Gasteiger partial charge on any atom is 0.230 e. The number of nitrogens with zero attached hydrogens (tertiary/aromatic N) is 2. The van der Waals surface area contributed by atoms with Gasteiger partial charge in [0.25, 0.3) is 0 Å². The van der Waals surface area contributed by atoms with Crippen LogP contribution < -0.4 is 5.32 Å². The summed E-state index contributed by atoms with van der Waals surface area (Å²) in [5, 5.41) is 3.52. The van der Waals surface area contributed by atoms with E-state index >= 15 is 0 Å². The largest absolute Gasteiger partial charge is 0.383 e. The fourth-order valence-electron chi connectivity index (χ4n) is 2.97. The molecule has 1 fully saturated rings. The average molecular weight is 363 g/mol. The third-order valence-corrected chi connectivity index (χ3v) is 5.22. The van der Waals surface area contributed by atoms with E-state index in [4.69, 9.17) is 4.74 Å². The van der Waals surface area contributed by atoms with Crippen LogP contribution in [0.2, 0.25) is 0 Å². The van der Waals surface area contributed by atoms with Gasteiger partial charge in [0, 0.05) is 37.7 Å². The maximum absolute atomic E-state index is 13.2. The van der Waals surface area contributed by atoms with Crippen molar-refractivity contribution in [2.45, 2.75) is 12.8 Å². The highest BCUT2D eigenvalue weighted by molar-refractivity contribution is 7.15. The molecule has 1 aliphatic heterocycles. The second-order valence-corrected chi connectivity index (χ2v) is 7.32. The molecule has 1 amide bonds. The van der Waals surface area contributed by atoms with Crippen LogP contribution in [0.4, 0.5) is 9.52 Å². The maximum atomic E-state index is 13.2. The van der Waals surface area contributed by atoms with Gasteiger partial charge in [0.2, 0.25) is 5.91 Å². The Labute approximate surface area is 150 Å². The van der Waals surface area contributed by atoms with Crippen LogP contribution >= 0.6 is 11.3 Å². The monoisotopic (exact) mass is 363 g/mol. The van der Waals surface area contributed by atoms with Crippen molar-refractivity contribution in [3.63, 3.8) is 0 Å². The fourth-order valence-corrected chi connectivity index (χ4v) is 3.82. The lowest BCUT2D eigenvalue weighted by atomic mass is 10.1. The first-order valence-electron chi connectivity index (χ1n) is 8.35. The van der Waals surface area contributed by atoms with Gasteiger partial charge in [-0.1, -0.05) is 12.1 Å². The van der Waals surface area contributed by atoms with Crippen molar-refractivity contribution in [1.82, 2.24) is 9.88 Å². The average Bonchev–Trinajstić information content (AvgIpc) is 3.22. The van der Waals surface area contributed by atoms with E-state index < -0.39 is 0 Å². The summed E-state index contributed by atoms with van der Waals surface area (Å²) in [6.45, 7) is 3.22. The van der Waals surface area contributed by atoms with Gasteiger partial charge in [-0.15, -0.1) is 11.3 Å². The molecule has 1 aromatic heterocycles. The lowest BCUT2D eigenvalue weighted by Crippen LogP contribution is -2.29. The topological polar surface area (TPSA) is 54.5 Å². The predicted molar refractivity (Wildman–Crippen MR) is 96.4 cm³/mol. The summed E-state index contributed by atoms with van der Waals surface area (Å²) < 4.78 is 18.3. The minimum atomic E-state index is -0.241. The van der Waals surface area contributed by atoms with Crippen LogP contribution in [0, 0.1) is 11.7 Å². The zero-order valence-corrected chi connectivity index (χ0v) is 15.0. The number of benzene rings is 1. The van der Waals surface area contributed by atoms with Crippen LogP contribution in [0.15, 0.2) is 30.5 Å². The van der Waals surface area contributed by atoms with Gasteiger partial charge in [-0.05, 0) is 30.7 Å². The highest BCUT2D eigenvalue weighted by Crippen LogP contribution is 2.23. The Kier molecular flexibility index (Phi) is 6.12. The van der Waals surface area contributed by atoms with Gasteiger partial charge in [0.05, 0.1) is 12.5 Å². The molecule has 1 unspecified atom stereocenters. The number of nitrogens with one attached hydrogen (secondary N) is 1. The van der Waals surface area contributed by atoms with Crippen molar-refractivity contribution in [1.29, 1.82) is 0 Å². The molecule has 0 bridgehead atoms. The summed E-state index contributed by atoms with van der Waals surface area (Å²) in [6.07, 6.45) is 3.21. The molecule has 0 spiro atoms. The molecule has 0 aliphatic carbocycles. The van der Waals surface area contributed by atoms with E-state index in [0.717, 1.165) is 36.5 Å². The Balaban J connectivity index is 1.52. The third-order valence-electron chi connectivity index (χ3n) is 4.31. The van der Waals surface area contributed by atoms with Crippen molar-refractivity contribution in [2.75, 3.05) is 38.7 Å². The van der Waals surface area contributed by atoms with Gasteiger partial charge < -0.3 is 15.0 Å². The van der Waals surface area contributed by atoms with Crippen molar-refractivity contribution in [3.05, 3.63) is 46.7 Å². The minimum absolute atomic E-state index is 0.00701. The molecule has 0 saturated carbocycles. The van der Waals surface area contributed by atoms with E-state index in [1.807, 2.05) is 6.07 Å². The number of hydrogen-bond acceptors (Lipinski definition) is 5. The van der Waals surface area contributed by atoms with Gasteiger partial charge in [0.15, 0.2) is 5.13 Å². The van der Waals surface area contributed by atoms with E-state index in [1.54, 1.807) is 19.4 Å². The zero-order chi connectivity index (χ0) is 17.6. The first kappa shape index (κ1) is 18.0. The van der Waals surface area contributed by atoms with Crippen LogP contribution in [-0.4, -0.2) is 49.1 Å². The number of carbonyl (C=O) groups is 1. The second kappa shape index (κ2) is 8.51. The van der Waals surface area contributed by atoms with Gasteiger partial charge in [-0.25, -0.2) is 9.37 Å². The van der Waals surface area contributed by atoms with Crippen LogP contribution in [0.25, 0.3) is 0 Å². The normalized spacial score (nSPS) is 17.8. The Morgan fingerprint density at radius 3 is 3.20 bits per heavy atom. The first-order chi connectivity index (χ1) is 12.1. The van der Waals surface area contributed by atoms with Gasteiger partial charge in [0.1, 0.15) is 5.82 Å². The number of amides is 1. The molecule has 1 N–H and O–H groups in total. The molecule has 1 saturated heterocycles. The smallest absolute Gasteiger partial charge is 0.230 e. The second-order valence-electron chi connectivity index (χ2n) is 6.21. The molecule has 25 heavy (non-hydrogen) atoms. The number of thiazole rings is 1. The third kappa shape index (κ3) is 5.07. The highest BCUT2D eigenvalue weighted by atomic mass is 32.1. The molecule has 2 heterocycles. The molecule has 3 rings (SSSR count). The van der Waals surface area contributed by atoms with Gasteiger partial charge in [-0.2, -0.15) is 0 Å². The number of anilines is 1. The Morgan fingerprint density at radius 2 is 2.40 bits per heavy atom. The van der Waals surface area contributed by atoms with Crippen molar-refractivity contribution in [3.8, 4) is 0 Å². The minimum Gasteiger partial charge on any atom is -0.383 e. The first-order valence-corrected chi connectivity index (χ1v) is 9.17. The molecule has 134 valence electrons. The van der Waals surface area contributed by atoms with E-state index in [1.165, 1.54) is 23.5 Å². The molecular formula is C18H22FN3O2S. The van der Waals surface area contributed by atoms with E-state index in [0.29, 0.717) is 18.2 Å². The SMILES string of the molecule is COCCN1CCC(C(=O)Nc2ncc(Cc3cccc(F)c3)s2)C1. The summed E-state index contributed by atoms with van der Waals surface area (Å²) in [5.74, 6) is -0.228. The lowest BCUT2D eigenvalue weighted by Gasteiger charge is -2.14. The Hall–Kier alpha value is -1.83. The van der Waals surface area contributed by atoms with Crippen LogP contribution in [0.3, 0.4) is 0 Å². The molecule has 2 aromatic rings. The molecular weight excluding hydrogens is 341 g/mol. The van der Waals surface area contributed by atoms with Crippen LogP contribution in [0.1, 0.15) is 16.9 Å². The summed E-state index contributed by atoms with van der Waals surface area (Å²) in [7, 11) is 1.68. The van der Waals surface area contributed by atoms with Crippen LogP contribution in [-0.2, 0) is 16.0 Å². The number of halogens is 1. The fraction of sp³-hybridized carbons (Fsp3) is 0.444. The standard InChI is InChI=1S/C18H22FN3O2S/c1-24-8-7-22-6-5-14(12-22)17(23)21-18-20-11-16(25-18)10-13-3-2-4-15(19)9-13/h2-4,9,11,14H,5-8,10,12H2,1H3,(H,20,21,23). The molecule has 1 aliphatic rings. The number of rotatable bonds is 7. The lowest BCUT2D eigenvalue weighted by molar-refractivity contribution is -0.119. The predicted octanol–water partition coefficient (Wildman–Crippen LogP) is 2.78. The van der Waals surface area contributed by atoms with Crippen molar-refractivity contribution < 1.29 is 13.9 Å². The number of likely N-dealkylation sites (tertiary alicyclic amines) is 1. The molecule has 1 aromatic carbocycles. The van der Waals surface area contributed by atoms with E-state index in [-0.39, 0.29) is 17.6 Å². The van der Waals surface area contributed by atoms with Gasteiger partial charge in [-0.3, -0.25) is 4.79 Å².